The summed E-state index contributed by atoms with van der Waals surface area (Å²) >= 11 is 0.905. The maximum atomic E-state index is 13.3. The van der Waals surface area contributed by atoms with Crippen LogP contribution < -0.4 is 0 Å². The lowest BCUT2D eigenvalue weighted by Crippen LogP contribution is -2.10. The molecular formula is C17H12F3N7S. The van der Waals surface area contributed by atoms with Crippen LogP contribution in [0.1, 0.15) is 17.1 Å². The van der Waals surface area contributed by atoms with Crippen molar-refractivity contribution in [3.63, 3.8) is 0 Å². The van der Waals surface area contributed by atoms with E-state index in [0.717, 1.165) is 29.2 Å². The SMILES string of the molecule is Cc1cc(C)n2nc(Sc3cc(C(F)(F)F)nc(-c4ccccn4)n3)nc2n1. The molecule has 0 aliphatic rings. The first-order chi connectivity index (χ1) is 13.3. The molecule has 0 bridgehead atoms. The van der Waals surface area contributed by atoms with Gasteiger partial charge in [0.05, 0.1) is 0 Å². The number of hydrogen-bond acceptors (Lipinski definition) is 7. The van der Waals surface area contributed by atoms with Gasteiger partial charge in [-0.05, 0) is 43.8 Å². The van der Waals surface area contributed by atoms with Gasteiger partial charge in [-0.1, -0.05) is 6.07 Å². The van der Waals surface area contributed by atoms with Crippen LogP contribution in [0.5, 0.6) is 0 Å². The fourth-order valence-corrected chi connectivity index (χ4v) is 3.26. The second-order valence-corrected chi connectivity index (χ2v) is 6.86. The second-order valence-electron chi connectivity index (χ2n) is 5.87. The van der Waals surface area contributed by atoms with E-state index in [2.05, 4.69) is 30.0 Å². The van der Waals surface area contributed by atoms with Crippen molar-refractivity contribution in [2.75, 3.05) is 0 Å². The number of nitrogens with zero attached hydrogens (tertiary/aromatic N) is 7. The Hall–Kier alpha value is -3.08. The van der Waals surface area contributed by atoms with Crippen molar-refractivity contribution in [1.82, 2.24) is 34.5 Å². The number of fused-ring (bicyclic) bond motifs is 1. The molecule has 0 amide bonds. The van der Waals surface area contributed by atoms with Crippen molar-refractivity contribution < 1.29 is 13.2 Å². The first-order valence-electron chi connectivity index (χ1n) is 8.06. The van der Waals surface area contributed by atoms with Crippen LogP contribution in [0.4, 0.5) is 13.2 Å². The van der Waals surface area contributed by atoms with E-state index in [-0.39, 0.29) is 21.7 Å². The number of aromatic nitrogens is 7. The predicted molar refractivity (Wildman–Crippen MR) is 94.6 cm³/mol. The summed E-state index contributed by atoms with van der Waals surface area (Å²) in [6, 6.07) is 7.56. The van der Waals surface area contributed by atoms with Gasteiger partial charge in [0.2, 0.25) is 5.16 Å². The molecule has 142 valence electrons. The molecule has 0 radical (unpaired) electrons. The number of alkyl halides is 3. The summed E-state index contributed by atoms with van der Waals surface area (Å²) in [4.78, 5) is 20.4. The fraction of sp³-hybridized carbons (Fsp3) is 0.176. The molecule has 0 saturated carbocycles. The van der Waals surface area contributed by atoms with E-state index < -0.39 is 11.9 Å². The number of pyridine rings is 1. The van der Waals surface area contributed by atoms with Crippen molar-refractivity contribution in [1.29, 1.82) is 0 Å². The number of hydrogen-bond donors (Lipinski definition) is 0. The van der Waals surface area contributed by atoms with Crippen LogP contribution in [-0.2, 0) is 6.18 Å². The van der Waals surface area contributed by atoms with Crippen LogP contribution in [0.25, 0.3) is 17.3 Å². The third-order valence-corrected chi connectivity index (χ3v) is 4.46. The highest BCUT2D eigenvalue weighted by Gasteiger charge is 2.34. The Kier molecular flexibility index (Phi) is 4.46. The van der Waals surface area contributed by atoms with Crippen LogP contribution in [-0.4, -0.2) is 34.5 Å². The minimum absolute atomic E-state index is 0.0632. The molecule has 7 nitrogen and oxygen atoms in total. The molecule has 0 unspecified atom stereocenters. The van der Waals surface area contributed by atoms with Gasteiger partial charge in [0.25, 0.3) is 5.78 Å². The van der Waals surface area contributed by atoms with Gasteiger partial charge >= 0.3 is 6.18 Å². The molecule has 11 heteroatoms. The van der Waals surface area contributed by atoms with E-state index in [0.29, 0.717) is 5.78 Å². The Morgan fingerprint density at radius 3 is 2.54 bits per heavy atom. The lowest BCUT2D eigenvalue weighted by atomic mass is 10.3. The smallest absolute Gasteiger partial charge is 0.253 e. The van der Waals surface area contributed by atoms with Gasteiger partial charge in [-0.3, -0.25) is 4.98 Å². The normalized spacial score (nSPS) is 11.9. The molecule has 0 N–H and O–H groups in total. The monoisotopic (exact) mass is 403 g/mol. The minimum Gasteiger partial charge on any atom is -0.253 e. The molecule has 0 saturated heterocycles. The zero-order valence-corrected chi connectivity index (χ0v) is 15.5. The van der Waals surface area contributed by atoms with Crippen molar-refractivity contribution in [3.05, 3.63) is 53.6 Å². The summed E-state index contributed by atoms with van der Waals surface area (Å²) in [5.41, 5.74) is 0.772. The van der Waals surface area contributed by atoms with Gasteiger partial charge in [0, 0.05) is 23.7 Å². The van der Waals surface area contributed by atoms with Crippen molar-refractivity contribution >= 4 is 17.5 Å². The number of rotatable bonds is 3. The van der Waals surface area contributed by atoms with E-state index in [9.17, 15) is 13.2 Å². The van der Waals surface area contributed by atoms with E-state index in [1.807, 2.05) is 19.9 Å². The predicted octanol–water partition coefficient (Wildman–Crippen LogP) is 3.76. The second kappa shape index (κ2) is 6.82. The highest BCUT2D eigenvalue weighted by molar-refractivity contribution is 7.99. The first-order valence-corrected chi connectivity index (χ1v) is 8.88. The Bertz CT molecular complexity index is 1160. The van der Waals surface area contributed by atoms with Gasteiger partial charge in [-0.2, -0.15) is 18.2 Å². The molecule has 0 fully saturated rings. The first kappa shape index (κ1) is 18.3. The number of aryl methyl sites for hydroxylation is 2. The zero-order chi connectivity index (χ0) is 19.9. The highest BCUT2D eigenvalue weighted by atomic mass is 32.2. The summed E-state index contributed by atoms with van der Waals surface area (Å²) in [5.74, 6) is 0.252. The van der Waals surface area contributed by atoms with Crippen LogP contribution in [0.15, 0.2) is 46.7 Å². The van der Waals surface area contributed by atoms with Gasteiger partial charge in [0.15, 0.2) is 5.82 Å². The van der Waals surface area contributed by atoms with Gasteiger partial charge in [-0.15, -0.1) is 5.10 Å². The summed E-state index contributed by atoms with van der Waals surface area (Å²) in [6.07, 6.45) is -3.16. The van der Waals surface area contributed by atoms with E-state index in [1.54, 1.807) is 18.2 Å². The Balaban J connectivity index is 1.78. The van der Waals surface area contributed by atoms with Crippen molar-refractivity contribution in [3.8, 4) is 11.5 Å². The highest BCUT2D eigenvalue weighted by Crippen LogP contribution is 2.33. The topological polar surface area (TPSA) is 81.8 Å². The Labute approximate surface area is 161 Å². The number of halogens is 3. The van der Waals surface area contributed by atoms with E-state index >= 15 is 0 Å². The molecule has 4 aromatic heterocycles. The van der Waals surface area contributed by atoms with Crippen LogP contribution >= 0.6 is 11.8 Å². The summed E-state index contributed by atoms with van der Waals surface area (Å²) in [5, 5.41) is 4.59. The third kappa shape index (κ3) is 3.65. The average Bonchev–Trinajstić information content (AvgIpc) is 3.04. The van der Waals surface area contributed by atoms with E-state index in [1.165, 1.54) is 10.7 Å². The molecule has 0 aliphatic heterocycles. The largest absolute Gasteiger partial charge is 0.433 e. The molecular weight excluding hydrogens is 391 g/mol. The fourth-order valence-electron chi connectivity index (χ4n) is 2.52. The molecule has 0 aliphatic carbocycles. The lowest BCUT2D eigenvalue weighted by Gasteiger charge is -2.09. The molecule has 0 atom stereocenters. The molecule has 28 heavy (non-hydrogen) atoms. The summed E-state index contributed by atoms with van der Waals surface area (Å²) in [7, 11) is 0. The van der Waals surface area contributed by atoms with Gasteiger partial charge < -0.3 is 0 Å². The Morgan fingerprint density at radius 1 is 1.00 bits per heavy atom. The molecule has 0 aromatic carbocycles. The molecule has 4 rings (SSSR count). The van der Waals surface area contributed by atoms with Gasteiger partial charge in [-0.25, -0.2) is 19.5 Å². The molecule has 4 aromatic rings. The lowest BCUT2D eigenvalue weighted by molar-refractivity contribution is -0.141. The zero-order valence-electron chi connectivity index (χ0n) is 14.6. The molecule has 4 heterocycles. The van der Waals surface area contributed by atoms with Crippen molar-refractivity contribution in [2.45, 2.75) is 30.2 Å². The maximum Gasteiger partial charge on any atom is 0.433 e. The van der Waals surface area contributed by atoms with Crippen LogP contribution in [0.3, 0.4) is 0 Å². The average molecular weight is 403 g/mol. The Morgan fingerprint density at radius 2 is 1.82 bits per heavy atom. The standard InChI is InChI=1S/C17H12F3N7S/c1-9-7-10(2)27-15(22-9)25-16(26-27)28-13-8-12(17(18,19)20)23-14(24-13)11-5-3-4-6-21-11/h3-8H,1-2H3. The summed E-state index contributed by atoms with van der Waals surface area (Å²) in [6.45, 7) is 3.67. The van der Waals surface area contributed by atoms with Crippen molar-refractivity contribution in [2.24, 2.45) is 0 Å². The maximum absolute atomic E-state index is 13.3. The van der Waals surface area contributed by atoms with Crippen LogP contribution in [0, 0.1) is 13.8 Å². The third-order valence-electron chi connectivity index (χ3n) is 3.68. The van der Waals surface area contributed by atoms with Gasteiger partial charge in [0.1, 0.15) is 16.4 Å². The minimum atomic E-state index is -4.62. The van der Waals surface area contributed by atoms with E-state index in [4.69, 9.17) is 0 Å². The quantitative estimate of drug-likeness (QED) is 0.482. The van der Waals surface area contributed by atoms with Crippen LogP contribution in [0.2, 0.25) is 0 Å². The molecule has 0 spiro atoms. The summed E-state index contributed by atoms with van der Waals surface area (Å²) < 4.78 is 41.4.